The van der Waals surface area contributed by atoms with Crippen LogP contribution in [0, 0.1) is 0 Å². The molecule has 1 saturated carbocycles. The molecule has 0 saturated heterocycles. The largest absolute Gasteiger partial charge is 0.416 e. The van der Waals surface area contributed by atoms with E-state index in [9.17, 15) is 18.0 Å². The summed E-state index contributed by atoms with van der Waals surface area (Å²) in [7, 11) is 1.60. The van der Waals surface area contributed by atoms with Crippen molar-refractivity contribution in [3.05, 3.63) is 70.8 Å². The van der Waals surface area contributed by atoms with Crippen LogP contribution in [0.25, 0.3) is 0 Å². The van der Waals surface area contributed by atoms with Crippen molar-refractivity contribution in [2.75, 3.05) is 7.11 Å². The Labute approximate surface area is 156 Å². The van der Waals surface area contributed by atoms with Crippen LogP contribution in [0.15, 0.2) is 48.5 Å². The molecule has 1 aliphatic carbocycles. The van der Waals surface area contributed by atoms with Crippen molar-refractivity contribution in [2.24, 2.45) is 0 Å². The van der Waals surface area contributed by atoms with E-state index < -0.39 is 17.8 Å². The number of ether oxygens (including phenoxy) is 1. The summed E-state index contributed by atoms with van der Waals surface area (Å²) in [6.07, 6.45) is -2.66. The first-order chi connectivity index (χ1) is 12.8. The second kappa shape index (κ2) is 7.72. The van der Waals surface area contributed by atoms with Gasteiger partial charge in [-0.1, -0.05) is 24.3 Å². The van der Waals surface area contributed by atoms with Crippen molar-refractivity contribution in [2.45, 2.75) is 44.6 Å². The second-order valence-electron chi connectivity index (χ2n) is 6.87. The molecule has 2 aromatic rings. The molecule has 1 unspecified atom stereocenters. The van der Waals surface area contributed by atoms with Gasteiger partial charge >= 0.3 is 6.18 Å². The van der Waals surface area contributed by atoms with Gasteiger partial charge in [0.05, 0.1) is 18.2 Å². The lowest BCUT2D eigenvalue weighted by atomic mass is 10.0. The average molecular weight is 377 g/mol. The molecule has 1 atom stereocenters. The minimum Gasteiger partial charge on any atom is -0.380 e. The summed E-state index contributed by atoms with van der Waals surface area (Å²) in [4.78, 5) is 14.8. The molecule has 3 rings (SSSR count). The van der Waals surface area contributed by atoms with E-state index in [0.717, 1.165) is 30.5 Å². The van der Waals surface area contributed by atoms with Crippen LogP contribution in [-0.4, -0.2) is 24.0 Å². The molecule has 0 spiro atoms. The first kappa shape index (κ1) is 19.4. The first-order valence-corrected chi connectivity index (χ1v) is 8.89. The highest BCUT2D eigenvalue weighted by atomic mass is 19.4. The molecule has 0 N–H and O–H groups in total. The fourth-order valence-electron chi connectivity index (χ4n) is 3.21. The minimum atomic E-state index is -4.40. The zero-order valence-corrected chi connectivity index (χ0v) is 15.3. The molecule has 1 aliphatic rings. The average Bonchev–Trinajstić information content (AvgIpc) is 3.47. The van der Waals surface area contributed by atoms with E-state index in [-0.39, 0.29) is 11.9 Å². The van der Waals surface area contributed by atoms with Crippen molar-refractivity contribution >= 4 is 5.91 Å². The molecular weight excluding hydrogens is 355 g/mol. The van der Waals surface area contributed by atoms with E-state index in [1.54, 1.807) is 37.1 Å². The van der Waals surface area contributed by atoms with Gasteiger partial charge < -0.3 is 9.64 Å². The van der Waals surface area contributed by atoms with Crippen LogP contribution in [-0.2, 0) is 17.5 Å². The Bertz CT molecular complexity index is 798. The van der Waals surface area contributed by atoms with Crippen LogP contribution in [0.2, 0.25) is 0 Å². The quantitative estimate of drug-likeness (QED) is 0.691. The molecule has 3 nitrogen and oxygen atoms in total. The lowest BCUT2D eigenvalue weighted by molar-refractivity contribution is -0.137. The van der Waals surface area contributed by atoms with Gasteiger partial charge in [-0.25, -0.2) is 0 Å². The van der Waals surface area contributed by atoms with Crippen molar-refractivity contribution in [1.82, 2.24) is 4.90 Å². The van der Waals surface area contributed by atoms with E-state index in [0.29, 0.717) is 17.7 Å². The summed E-state index contributed by atoms with van der Waals surface area (Å²) in [6, 6.07) is 12.0. The Morgan fingerprint density at radius 3 is 2.41 bits per heavy atom. The van der Waals surface area contributed by atoms with Crippen LogP contribution in [0.1, 0.15) is 52.9 Å². The van der Waals surface area contributed by atoms with Gasteiger partial charge in [0.15, 0.2) is 0 Å². The monoisotopic (exact) mass is 377 g/mol. The van der Waals surface area contributed by atoms with Gasteiger partial charge in [-0.15, -0.1) is 0 Å². The third-order valence-electron chi connectivity index (χ3n) is 4.80. The van der Waals surface area contributed by atoms with Gasteiger partial charge in [0.2, 0.25) is 0 Å². The summed E-state index contributed by atoms with van der Waals surface area (Å²) in [5.74, 6) is -0.161. The summed E-state index contributed by atoms with van der Waals surface area (Å²) < 4.78 is 44.2. The molecule has 27 heavy (non-hydrogen) atoms. The molecule has 0 bridgehead atoms. The summed E-state index contributed by atoms with van der Waals surface area (Å²) in [6.45, 7) is 2.24. The third-order valence-corrected chi connectivity index (χ3v) is 4.80. The molecule has 1 amide bonds. The fraction of sp³-hybridized carbons (Fsp3) is 0.381. The van der Waals surface area contributed by atoms with Crippen LogP contribution >= 0.6 is 0 Å². The Kier molecular flexibility index (Phi) is 5.56. The Hall–Kier alpha value is -2.34. The van der Waals surface area contributed by atoms with Crippen molar-refractivity contribution < 1.29 is 22.7 Å². The van der Waals surface area contributed by atoms with Gasteiger partial charge in [0, 0.05) is 18.7 Å². The van der Waals surface area contributed by atoms with Crippen LogP contribution in [0.4, 0.5) is 13.2 Å². The number of benzene rings is 2. The number of amides is 1. The summed E-state index contributed by atoms with van der Waals surface area (Å²) in [5.41, 5.74) is 1.28. The Balaban J connectivity index is 1.86. The molecule has 0 aromatic heterocycles. The maximum atomic E-state index is 13.1. The van der Waals surface area contributed by atoms with Crippen LogP contribution in [0.5, 0.6) is 0 Å². The van der Waals surface area contributed by atoms with Gasteiger partial charge in [-0.3, -0.25) is 4.79 Å². The van der Waals surface area contributed by atoms with Crippen LogP contribution < -0.4 is 0 Å². The Morgan fingerprint density at radius 2 is 1.85 bits per heavy atom. The zero-order chi connectivity index (χ0) is 19.6. The molecule has 6 heteroatoms. The summed E-state index contributed by atoms with van der Waals surface area (Å²) in [5, 5.41) is 0. The number of alkyl halides is 3. The van der Waals surface area contributed by atoms with E-state index in [1.807, 2.05) is 12.1 Å². The smallest absolute Gasteiger partial charge is 0.380 e. The maximum absolute atomic E-state index is 13.1. The number of hydrogen-bond donors (Lipinski definition) is 0. The lowest BCUT2D eigenvalue weighted by Gasteiger charge is -2.30. The highest BCUT2D eigenvalue weighted by molar-refractivity contribution is 5.95. The standard InChI is InChI=1S/C21H22F3NO2/c1-14(17-4-3-5-18(12-17)21(22,23)24)25(19-10-11-19)20(26)16-8-6-15(7-9-16)13-27-2/h3-9,12,14,19H,10-11,13H2,1-2H3. The highest BCUT2D eigenvalue weighted by Crippen LogP contribution is 2.37. The van der Waals surface area contributed by atoms with E-state index >= 15 is 0 Å². The number of carbonyl (C=O) groups excluding carboxylic acids is 1. The second-order valence-corrected chi connectivity index (χ2v) is 6.87. The van der Waals surface area contributed by atoms with Crippen molar-refractivity contribution in [3.8, 4) is 0 Å². The normalized spacial score (nSPS) is 15.4. The highest BCUT2D eigenvalue weighted by Gasteiger charge is 2.37. The Morgan fingerprint density at radius 1 is 1.19 bits per heavy atom. The molecule has 2 aromatic carbocycles. The predicted molar refractivity (Wildman–Crippen MR) is 96.2 cm³/mol. The van der Waals surface area contributed by atoms with Gasteiger partial charge in [0.1, 0.15) is 0 Å². The van der Waals surface area contributed by atoms with Crippen molar-refractivity contribution in [3.63, 3.8) is 0 Å². The van der Waals surface area contributed by atoms with Crippen molar-refractivity contribution in [1.29, 1.82) is 0 Å². The lowest BCUT2D eigenvalue weighted by Crippen LogP contribution is -2.35. The number of methoxy groups -OCH3 is 1. The summed E-state index contributed by atoms with van der Waals surface area (Å²) >= 11 is 0. The third kappa shape index (κ3) is 4.50. The predicted octanol–water partition coefficient (Wildman–Crippen LogP) is 5.22. The topological polar surface area (TPSA) is 29.5 Å². The molecule has 0 aliphatic heterocycles. The molecule has 144 valence electrons. The zero-order valence-electron chi connectivity index (χ0n) is 15.3. The van der Waals surface area contributed by atoms with Gasteiger partial charge in [-0.2, -0.15) is 13.2 Å². The van der Waals surface area contributed by atoms with Gasteiger partial charge in [0.25, 0.3) is 5.91 Å². The number of carbonyl (C=O) groups is 1. The fourth-order valence-corrected chi connectivity index (χ4v) is 3.21. The molecule has 0 heterocycles. The maximum Gasteiger partial charge on any atom is 0.416 e. The molecular formula is C21H22F3NO2. The number of rotatable bonds is 6. The number of nitrogens with zero attached hydrogens (tertiary/aromatic N) is 1. The SMILES string of the molecule is COCc1ccc(C(=O)N(C2CC2)C(C)c2cccc(C(F)(F)F)c2)cc1. The first-order valence-electron chi connectivity index (χ1n) is 8.89. The number of hydrogen-bond acceptors (Lipinski definition) is 2. The van der Waals surface area contributed by atoms with E-state index in [4.69, 9.17) is 4.74 Å². The number of halogens is 3. The molecule has 0 radical (unpaired) electrons. The van der Waals surface area contributed by atoms with Gasteiger partial charge in [-0.05, 0) is 55.2 Å². The van der Waals surface area contributed by atoms with E-state index in [1.165, 1.54) is 6.07 Å². The molecule has 1 fully saturated rings. The minimum absolute atomic E-state index is 0.0701. The van der Waals surface area contributed by atoms with Crippen LogP contribution in [0.3, 0.4) is 0 Å². The van der Waals surface area contributed by atoms with E-state index in [2.05, 4.69) is 0 Å².